The Hall–Kier alpha value is -2.50. The van der Waals surface area contributed by atoms with Gasteiger partial charge in [0.15, 0.2) is 5.82 Å². The molecule has 0 N–H and O–H groups in total. The first-order chi connectivity index (χ1) is 12.2. The molecule has 2 aromatic rings. The maximum Gasteiger partial charge on any atom is 0.226 e. The highest BCUT2D eigenvalue weighted by molar-refractivity contribution is 5.83. The monoisotopic (exact) mass is 340 g/mol. The predicted octanol–water partition coefficient (Wildman–Crippen LogP) is 2.46. The molecule has 0 spiro atoms. The zero-order chi connectivity index (χ0) is 17.2. The summed E-state index contributed by atoms with van der Waals surface area (Å²) in [6.07, 6.45) is 3.46. The number of aromatic nitrogens is 2. The summed E-state index contributed by atoms with van der Waals surface area (Å²) in [4.78, 5) is 17.0. The molecule has 0 radical (unpaired) electrons. The number of rotatable bonds is 3. The van der Waals surface area contributed by atoms with E-state index in [9.17, 15) is 9.18 Å². The Morgan fingerprint density at radius 1 is 1.08 bits per heavy atom. The molecule has 25 heavy (non-hydrogen) atoms. The predicted molar refractivity (Wildman–Crippen MR) is 92.7 cm³/mol. The van der Waals surface area contributed by atoms with E-state index in [0.29, 0.717) is 6.54 Å². The van der Waals surface area contributed by atoms with Crippen LogP contribution in [0.2, 0.25) is 0 Å². The molecular weight excluding hydrogens is 319 g/mol. The van der Waals surface area contributed by atoms with Gasteiger partial charge in [-0.1, -0.05) is 12.1 Å². The van der Waals surface area contributed by atoms with E-state index in [1.807, 2.05) is 17.0 Å². The van der Waals surface area contributed by atoms with Crippen LogP contribution in [0.15, 0.2) is 42.6 Å². The second kappa shape index (κ2) is 6.78. The molecule has 1 aromatic heterocycles. The van der Waals surface area contributed by atoms with Crippen molar-refractivity contribution < 1.29 is 9.18 Å². The van der Waals surface area contributed by atoms with Gasteiger partial charge in [-0.15, -0.1) is 5.10 Å². The van der Waals surface area contributed by atoms with Crippen molar-refractivity contribution in [2.75, 3.05) is 31.1 Å². The quantitative estimate of drug-likeness (QED) is 0.861. The fourth-order valence-electron chi connectivity index (χ4n) is 3.61. The third-order valence-corrected chi connectivity index (χ3v) is 5.10. The second-order valence-corrected chi connectivity index (χ2v) is 6.75. The first-order valence-corrected chi connectivity index (χ1v) is 8.79. The van der Waals surface area contributed by atoms with Crippen molar-refractivity contribution in [3.8, 4) is 0 Å². The van der Waals surface area contributed by atoms with Gasteiger partial charge in [-0.25, -0.2) is 4.39 Å². The lowest BCUT2D eigenvalue weighted by molar-refractivity contribution is -0.132. The summed E-state index contributed by atoms with van der Waals surface area (Å²) in [5.74, 6) is 1.16. The molecule has 2 fully saturated rings. The molecule has 0 unspecified atom stereocenters. The van der Waals surface area contributed by atoms with Gasteiger partial charge >= 0.3 is 0 Å². The van der Waals surface area contributed by atoms with Crippen molar-refractivity contribution in [2.24, 2.45) is 5.92 Å². The molecule has 1 aliphatic carbocycles. The van der Waals surface area contributed by atoms with E-state index in [0.717, 1.165) is 43.9 Å². The van der Waals surface area contributed by atoms with Crippen LogP contribution >= 0.6 is 0 Å². The van der Waals surface area contributed by atoms with Crippen molar-refractivity contribution in [3.05, 3.63) is 54.0 Å². The fraction of sp³-hybridized carbons (Fsp3) is 0.421. The van der Waals surface area contributed by atoms with Crippen LogP contribution in [-0.2, 0) is 4.79 Å². The first kappa shape index (κ1) is 16.0. The van der Waals surface area contributed by atoms with E-state index in [1.165, 1.54) is 12.1 Å². The standard InChI is InChI=1S/C19H21FN4O/c20-15-6-4-14(5-7-15)16-13-17(16)19(25)24-10-2-9-23(11-12-24)18-3-1-8-21-22-18/h1,3-8,16-17H,2,9-13H2/t16-,17+/m0/s1. The van der Waals surface area contributed by atoms with Crippen molar-refractivity contribution in [2.45, 2.75) is 18.8 Å². The van der Waals surface area contributed by atoms with Crippen LogP contribution in [0.4, 0.5) is 10.2 Å². The van der Waals surface area contributed by atoms with E-state index in [-0.39, 0.29) is 23.6 Å². The minimum absolute atomic E-state index is 0.0496. The Morgan fingerprint density at radius 2 is 1.92 bits per heavy atom. The molecule has 1 aliphatic heterocycles. The molecule has 2 heterocycles. The SMILES string of the molecule is O=C([C@@H]1C[C@H]1c1ccc(F)cc1)N1CCCN(c2cccnn2)CC1. The highest BCUT2D eigenvalue weighted by Crippen LogP contribution is 2.48. The summed E-state index contributed by atoms with van der Waals surface area (Å²) in [5.41, 5.74) is 1.07. The zero-order valence-corrected chi connectivity index (χ0v) is 14.0. The molecule has 130 valence electrons. The smallest absolute Gasteiger partial charge is 0.226 e. The van der Waals surface area contributed by atoms with E-state index in [1.54, 1.807) is 18.3 Å². The van der Waals surface area contributed by atoms with Gasteiger partial charge in [0.25, 0.3) is 0 Å². The van der Waals surface area contributed by atoms with Gasteiger partial charge in [-0.3, -0.25) is 4.79 Å². The van der Waals surface area contributed by atoms with Crippen molar-refractivity contribution in [3.63, 3.8) is 0 Å². The summed E-state index contributed by atoms with van der Waals surface area (Å²) < 4.78 is 13.0. The summed E-state index contributed by atoms with van der Waals surface area (Å²) in [7, 11) is 0. The molecule has 1 aromatic carbocycles. The fourth-order valence-corrected chi connectivity index (χ4v) is 3.61. The van der Waals surface area contributed by atoms with Crippen molar-refractivity contribution in [1.82, 2.24) is 15.1 Å². The lowest BCUT2D eigenvalue weighted by Gasteiger charge is -2.22. The Balaban J connectivity index is 1.36. The van der Waals surface area contributed by atoms with Crippen LogP contribution in [0, 0.1) is 11.7 Å². The van der Waals surface area contributed by atoms with Gasteiger partial charge in [-0.2, -0.15) is 5.10 Å². The van der Waals surface area contributed by atoms with Gasteiger partial charge in [-0.05, 0) is 48.6 Å². The maximum absolute atomic E-state index is 13.0. The number of halogens is 1. The summed E-state index contributed by atoms with van der Waals surface area (Å²) >= 11 is 0. The second-order valence-electron chi connectivity index (χ2n) is 6.75. The molecule has 4 rings (SSSR count). The van der Waals surface area contributed by atoms with Crippen LogP contribution in [0.25, 0.3) is 0 Å². The highest BCUT2D eigenvalue weighted by Gasteiger charge is 2.45. The molecule has 1 saturated carbocycles. The van der Waals surface area contributed by atoms with Gasteiger partial charge < -0.3 is 9.80 Å². The zero-order valence-electron chi connectivity index (χ0n) is 14.0. The molecule has 1 saturated heterocycles. The number of anilines is 1. The molecule has 1 amide bonds. The molecule has 2 atom stereocenters. The van der Waals surface area contributed by atoms with E-state index < -0.39 is 0 Å². The molecular formula is C19H21FN4O. The lowest BCUT2D eigenvalue weighted by Crippen LogP contribution is -2.36. The molecule has 2 aliphatic rings. The number of amides is 1. The Labute approximate surface area is 146 Å². The first-order valence-electron chi connectivity index (χ1n) is 8.79. The molecule has 0 bridgehead atoms. The number of hydrogen-bond acceptors (Lipinski definition) is 4. The topological polar surface area (TPSA) is 49.3 Å². The third kappa shape index (κ3) is 3.48. The number of carbonyl (C=O) groups excluding carboxylic acids is 1. The van der Waals surface area contributed by atoms with Gasteiger partial charge in [0, 0.05) is 38.3 Å². The summed E-state index contributed by atoms with van der Waals surface area (Å²) in [6.45, 7) is 3.15. The average Bonchev–Trinajstić information content (AvgIpc) is 3.46. The minimum Gasteiger partial charge on any atom is -0.353 e. The van der Waals surface area contributed by atoms with Gasteiger partial charge in [0.05, 0.1) is 0 Å². The molecule has 6 heteroatoms. The maximum atomic E-state index is 13.0. The van der Waals surface area contributed by atoms with Crippen LogP contribution in [0.1, 0.15) is 24.3 Å². The van der Waals surface area contributed by atoms with Gasteiger partial charge in [0.2, 0.25) is 5.91 Å². The Morgan fingerprint density at radius 3 is 2.68 bits per heavy atom. The number of benzene rings is 1. The summed E-state index contributed by atoms with van der Waals surface area (Å²) in [6, 6.07) is 10.4. The largest absolute Gasteiger partial charge is 0.353 e. The minimum atomic E-state index is -0.233. The number of hydrogen-bond donors (Lipinski definition) is 0. The average molecular weight is 340 g/mol. The third-order valence-electron chi connectivity index (χ3n) is 5.10. The van der Waals surface area contributed by atoms with Gasteiger partial charge in [0.1, 0.15) is 5.82 Å². The highest BCUT2D eigenvalue weighted by atomic mass is 19.1. The van der Waals surface area contributed by atoms with Crippen LogP contribution < -0.4 is 4.90 Å². The number of nitrogens with zero attached hydrogens (tertiary/aromatic N) is 4. The summed E-state index contributed by atoms with van der Waals surface area (Å²) in [5, 5.41) is 8.10. The van der Waals surface area contributed by atoms with Crippen molar-refractivity contribution >= 4 is 11.7 Å². The van der Waals surface area contributed by atoms with E-state index >= 15 is 0 Å². The molecule has 5 nitrogen and oxygen atoms in total. The van der Waals surface area contributed by atoms with Crippen molar-refractivity contribution in [1.29, 1.82) is 0 Å². The van der Waals surface area contributed by atoms with Crippen LogP contribution in [0.3, 0.4) is 0 Å². The number of carbonyl (C=O) groups is 1. The normalized spacial score (nSPS) is 23.2. The Bertz CT molecular complexity index is 737. The lowest BCUT2D eigenvalue weighted by atomic mass is 10.1. The van der Waals surface area contributed by atoms with E-state index in [4.69, 9.17) is 0 Å². The van der Waals surface area contributed by atoms with Crippen LogP contribution in [0.5, 0.6) is 0 Å². The van der Waals surface area contributed by atoms with E-state index in [2.05, 4.69) is 15.1 Å². The van der Waals surface area contributed by atoms with Crippen LogP contribution in [-0.4, -0.2) is 47.2 Å². The Kier molecular flexibility index (Phi) is 4.34.